The van der Waals surface area contributed by atoms with Crippen molar-refractivity contribution in [3.05, 3.63) is 0 Å². The zero-order valence-electron chi connectivity index (χ0n) is 28.7. The van der Waals surface area contributed by atoms with Gasteiger partial charge in [0, 0.05) is 18.8 Å². The summed E-state index contributed by atoms with van der Waals surface area (Å²) < 4.78 is 24.6. The van der Waals surface area contributed by atoms with Gasteiger partial charge in [-0.05, 0) is 54.8 Å². The van der Waals surface area contributed by atoms with E-state index in [1.165, 1.54) is 4.90 Å². The van der Waals surface area contributed by atoms with E-state index in [1.54, 1.807) is 0 Å². The van der Waals surface area contributed by atoms with Crippen LogP contribution in [0.1, 0.15) is 106 Å². The predicted octanol–water partition coefficient (Wildman–Crippen LogP) is 2.45. The average molecular weight is 666 g/mol. The van der Waals surface area contributed by atoms with Crippen molar-refractivity contribution in [1.82, 2.24) is 26.2 Å². The number of sulfone groups is 1. The third-order valence-electron chi connectivity index (χ3n) is 10.5. The molecule has 2 unspecified atom stereocenters. The maximum Gasteiger partial charge on any atom is 0.315 e. The molecule has 46 heavy (non-hydrogen) atoms. The van der Waals surface area contributed by atoms with Gasteiger partial charge < -0.3 is 26.2 Å². The molecule has 12 nitrogen and oxygen atoms in total. The van der Waals surface area contributed by atoms with Gasteiger partial charge >= 0.3 is 6.03 Å². The van der Waals surface area contributed by atoms with Crippen molar-refractivity contribution in [2.45, 2.75) is 135 Å². The Morgan fingerprint density at radius 1 is 0.978 bits per heavy atom. The summed E-state index contributed by atoms with van der Waals surface area (Å²) in [6.45, 7) is 11.9. The number of ketones is 1. The molecule has 0 bridgehead atoms. The van der Waals surface area contributed by atoms with Gasteiger partial charge in [-0.15, -0.1) is 0 Å². The topological polar surface area (TPSA) is 171 Å². The Balaban J connectivity index is 1.53. The number of fused-ring (bicyclic) bond motifs is 1. The number of hydrogen-bond acceptors (Lipinski definition) is 7. The maximum absolute atomic E-state index is 14.3. The number of nitrogens with one attached hydrogen (secondary N) is 4. The van der Waals surface area contributed by atoms with Crippen LogP contribution in [0.25, 0.3) is 0 Å². The molecular weight excluding hydrogens is 610 g/mol. The fourth-order valence-corrected chi connectivity index (χ4v) is 9.01. The molecule has 260 valence electrons. The molecule has 3 aliphatic carbocycles. The molecule has 4 rings (SSSR count). The van der Waals surface area contributed by atoms with E-state index in [1.807, 2.05) is 27.7 Å². The van der Waals surface area contributed by atoms with E-state index in [2.05, 4.69) is 35.1 Å². The van der Waals surface area contributed by atoms with Crippen LogP contribution in [-0.2, 0) is 29.0 Å². The lowest BCUT2D eigenvalue weighted by Crippen LogP contribution is -2.63. The Bertz CT molecular complexity index is 1310. The predicted molar refractivity (Wildman–Crippen MR) is 174 cm³/mol. The fourth-order valence-electron chi connectivity index (χ4n) is 7.65. The van der Waals surface area contributed by atoms with Crippen molar-refractivity contribution in [3.8, 4) is 0 Å². The van der Waals surface area contributed by atoms with Gasteiger partial charge in [0.2, 0.25) is 17.6 Å². The fraction of sp³-hybridized carbons (Fsp3) is 0.848. The number of rotatable bonds is 13. The monoisotopic (exact) mass is 665 g/mol. The second kappa shape index (κ2) is 13.4. The van der Waals surface area contributed by atoms with Crippen molar-refractivity contribution >= 4 is 39.4 Å². The molecule has 4 aliphatic rings. The summed E-state index contributed by atoms with van der Waals surface area (Å²) in [6, 6.07) is -3.47. The first kappa shape index (κ1) is 36.1. The quantitative estimate of drug-likeness (QED) is 0.219. The molecule has 5 amide bonds. The number of Topliss-reactive ketones (excluding diaryl/α,β-unsaturated/α-hetero) is 1. The third-order valence-corrected chi connectivity index (χ3v) is 11.6. The van der Waals surface area contributed by atoms with Gasteiger partial charge in [-0.2, -0.15) is 0 Å². The highest BCUT2D eigenvalue weighted by atomic mass is 32.2. The molecule has 4 N–H and O–H groups in total. The van der Waals surface area contributed by atoms with Crippen molar-refractivity contribution in [1.29, 1.82) is 0 Å². The largest absolute Gasteiger partial charge is 0.347 e. The molecule has 0 aromatic rings. The van der Waals surface area contributed by atoms with Gasteiger partial charge in [0.05, 0.1) is 17.3 Å². The number of carbonyl (C=O) groups excluding carboxylic acids is 5. The highest BCUT2D eigenvalue weighted by Crippen LogP contribution is 2.65. The first-order valence-electron chi connectivity index (χ1n) is 17.0. The molecule has 5 atom stereocenters. The SMILES string of the molecule is CCCC[C@@H](NC(=O)[C@@H]1C2C(CN1C(=O)[C@@H](NC(=O)NC1(CS(C)(=O)=O)CCCCC1)C(C)(C)C)C2(C)C)C(=O)C(=O)NC1CC1. The molecule has 13 heteroatoms. The number of likely N-dealkylation sites (tertiary alicyclic amines) is 1. The number of nitrogens with zero attached hydrogens (tertiary/aromatic N) is 1. The van der Waals surface area contributed by atoms with E-state index in [-0.39, 0.29) is 29.0 Å². The highest BCUT2D eigenvalue weighted by Gasteiger charge is 2.70. The van der Waals surface area contributed by atoms with Crippen LogP contribution >= 0.6 is 0 Å². The summed E-state index contributed by atoms with van der Waals surface area (Å²) in [7, 11) is -3.39. The number of piperidine rings is 1. The summed E-state index contributed by atoms with van der Waals surface area (Å²) >= 11 is 0. The van der Waals surface area contributed by atoms with Gasteiger partial charge in [-0.3, -0.25) is 19.2 Å². The van der Waals surface area contributed by atoms with Crippen LogP contribution in [-0.4, -0.2) is 91.1 Å². The molecule has 0 aromatic carbocycles. The van der Waals surface area contributed by atoms with Crippen molar-refractivity contribution in [2.24, 2.45) is 22.7 Å². The lowest BCUT2D eigenvalue weighted by molar-refractivity contribution is -0.145. The van der Waals surface area contributed by atoms with Gasteiger partial charge in [0.1, 0.15) is 21.9 Å². The lowest BCUT2D eigenvalue weighted by Gasteiger charge is -2.40. The standard InChI is InChI=1S/C33H55N5O7S/c1-8-9-13-22(25(39)28(41)34-20-14-15-20)35-27(40)24-23-21(32(23,5)6)18-38(24)29(42)26(31(2,3)4)36-30(43)37-33(19-46(7,44)45)16-11-10-12-17-33/h20-24,26H,8-19H2,1-7H3,(H,34,41)(H,35,40)(H2,36,37,43)/t21?,22-,23?,24+,26-/m1/s1. The molecule has 1 heterocycles. The third kappa shape index (κ3) is 8.41. The van der Waals surface area contributed by atoms with Crippen LogP contribution in [0.2, 0.25) is 0 Å². The van der Waals surface area contributed by atoms with Crippen LogP contribution in [0.15, 0.2) is 0 Å². The van der Waals surface area contributed by atoms with Crippen molar-refractivity contribution in [2.75, 3.05) is 18.6 Å². The van der Waals surface area contributed by atoms with Crippen molar-refractivity contribution in [3.63, 3.8) is 0 Å². The summed E-state index contributed by atoms with van der Waals surface area (Å²) in [4.78, 5) is 69.1. The first-order chi connectivity index (χ1) is 21.3. The summed E-state index contributed by atoms with van der Waals surface area (Å²) in [5.74, 6) is -2.47. The zero-order chi connectivity index (χ0) is 34.2. The number of unbranched alkanes of at least 4 members (excludes halogenated alkanes) is 1. The lowest BCUT2D eigenvalue weighted by atomic mass is 9.83. The Kier molecular flexibility index (Phi) is 10.6. The number of urea groups is 1. The average Bonchev–Trinajstić information content (AvgIpc) is 3.79. The Morgan fingerprint density at radius 3 is 2.15 bits per heavy atom. The number of hydrogen-bond donors (Lipinski definition) is 4. The summed E-state index contributed by atoms with van der Waals surface area (Å²) in [5, 5.41) is 11.4. The summed E-state index contributed by atoms with van der Waals surface area (Å²) in [5.41, 5.74) is -1.84. The molecule has 1 aliphatic heterocycles. The van der Waals surface area contributed by atoms with E-state index in [9.17, 15) is 32.4 Å². The molecule has 3 saturated carbocycles. The molecule has 4 fully saturated rings. The van der Waals surface area contributed by atoms with E-state index in [0.717, 1.165) is 44.8 Å². The van der Waals surface area contributed by atoms with Crippen molar-refractivity contribution < 1.29 is 32.4 Å². The smallest absolute Gasteiger partial charge is 0.315 e. The number of carbonyl (C=O) groups is 5. The molecular formula is C33H55N5O7S. The van der Waals surface area contributed by atoms with Crippen LogP contribution in [0.5, 0.6) is 0 Å². The molecule has 0 radical (unpaired) electrons. The number of amides is 5. The Labute approximate surface area is 274 Å². The minimum absolute atomic E-state index is 0.00772. The second-order valence-corrected chi connectivity index (χ2v) is 18.2. The van der Waals surface area contributed by atoms with Gasteiger partial charge in [0.25, 0.3) is 5.91 Å². The normalized spacial score (nSPS) is 26.2. The first-order valence-corrected chi connectivity index (χ1v) is 19.1. The minimum Gasteiger partial charge on any atom is -0.347 e. The van der Waals surface area contributed by atoms with E-state index >= 15 is 0 Å². The van der Waals surface area contributed by atoms with Crippen LogP contribution < -0.4 is 21.3 Å². The second-order valence-electron chi connectivity index (χ2n) is 16.0. The minimum atomic E-state index is -3.39. The highest BCUT2D eigenvalue weighted by molar-refractivity contribution is 7.90. The van der Waals surface area contributed by atoms with Gasteiger partial charge in [-0.1, -0.05) is 73.6 Å². The zero-order valence-corrected chi connectivity index (χ0v) is 29.5. The van der Waals surface area contributed by atoms with Crippen LogP contribution in [0, 0.1) is 22.7 Å². The molecule has 0 aromatic heterocycles. The van der Waals surface area contributed by atoms with Gasteiger partial charge in [0.15, 0.2) is 0 Å². The van der Waals surface area contributed by atoms with Crippen LogP contribution in [0.3, 0.4) is 0 Å². The molecule has 1 saturated heterocycles. The van der Waals surface area contributed by atoms with E-state index in [4.69, 9.17) is 0 Å². The summed E-state index contributed by atoms with van der Waals surface area (Å²) in [6.07, 6.45) is 8.20. The Hall–Kier alpha value is -2.70. The van der Waals surface area contributed by atoms with Gasteiger partial charge in [-0.25, -0.2) is 13.2 Å². The van der Waals surface area contributed by atoms with Crippen LogP contribution in [0.4, 0.5) is 4.79 Å². The van der Waals surface area contributed by atoms with E-state index in [0.29, 0.717) is 32.2 Å². The molecule has 0 spiro atoms. The van der Waals surface area contributed by atoms with E-state index < -0.39 is 68.5 Å². The maximum atomic E-state index is 14.3. The Morgan fingerprint density at radius 2 is 1.61 bits per heavy atom.